The first-order valence-corrected chi connectivity index (χ1v) is 9.02. The van der Waals surface area contributed by atoms with Gasteiger partial charge in [0.25, 0.3) is 11.6 Å². The molecule has 0 radical (unpaired) electrons. The molecular formula is C20H19N3O6. The van der Waals surface area contributed by atoms with Crippen molar-refractivity contribution in [3.8, 4) is 0 Å². The number of rotatable bonds is 6. The summed E-state index contributed by atoms with van der Waals surface area (Å²) in [5.74, 6) is -1.18. The molecule has 1 aliphatic rings. The first kappa shape index (κ1) is 20.0. The Morgan fingerprint density at radius 1 is 1.14 bits per heavy atom. The van der Waals surface area contributed by atoms with Crippen LogP contribution in [0.5, 0.6) is 0 Å². The Balaban J connectivity index is 1.57. The molecule has 1 heterocycles. The van der Waals surface area contributed by atoms with Crippen molar-refractivity contribution in [1.29, 1.82) is 0 Å². The molecule has 0 aromatic heterocycles. The van der Waals surface area contributed by atoms with Gasteiger partial charge in [-0.05, 0) is 49.7 Å². The summed E-state index contributed by atoms with van der Waals surface area (Å²) in [7, 11) is 0. The molecule has 9 nitrogen and oxygen atoms in total. The highest BCUT2D eigenvalue weighted by molar-refractivity contribution is 5.98. The van der Waals surface area contributed by atoms with E-state index in [1.165, 1.54) is 31.2 Å². The number of ether oxygens (including phenoxy) is 1. The van der Waals surface area contributed by atoms with E-state index in [0.29, 0.717) is 24.3 Å². The first-order valence-electron chi connectivity index (χ1n) is 9.02. The molecular weight excluding hydrogens is 378 g/mol. The SMILES string of the molecule is CC(OC(=O)c1ccc(N2CCCC2=O)cc1)C(=O)Nc1ccc([N+](=O)[O-])cc1. The molecule has 0 spiro atoms. The van der Waals surface area contributed by atoms with Crippen LogP contribution in [-0.4, -0.2) is 35.4 Å². The van der Waals surface area contributed by atoms with Crippen molar-refractivity contribution >= 4 is 34.8 Å². The maximum absolute atomic E-state index is 12.3. The zero-order valence-corrected chi connectivity index (χ0v) is 15.7. The van der Waals surface area contributed by atoms with Crippen LogP contribution in [0, 0.1) is 10.1 Å². The normalized spacial score (nSPS) is 14.4. The Morgan fingerprint density at radius 2 is 1.79 bits per heavy atom. The summed E-state index contributed by atoms with van der Waals surface area (Å²) in [6, 6.07) is 11.7. The Labute approximate surface area is 166 Å². The number of amides is 2. The average molecular weight is 397 g/mol. The largest absolute Gasteiger partial charge is 0.449 e. The maximum atomic E-state index is 12.3. The van der Waals surface area contributed by atoms with Gasteiger partial charge in [0, 0.05) is 36.5 Å². The number of benzene rings is 2. The van der Waals surface area contributed by atoms with Crippen LogP contribution in [0.4, 0.5) is 17.1 Å². The number of nitrogens with zero attached hydrogens (tertiary/aromatic N) is 2. The standard InChI is InChI=1S/C20H19N3O6/c1-13(19(25)21-15-6-10-17(11-7-15)23(27)28)29-20(26)14-4-8-16(9-5-14)22-12-2-3-18(22)24/h4-11,13H,2-3,12H2,1H3,(H,21,25). The molecule has 29 heavy (non-hydrogen) atoms. The highest BCUT2D eigenvalue weighted by Gasteiger charge is 2.23. The second kappa shape index (κ2) is 8.51. The van der Waals surface area contributed by atoms with Crippen molar-refractivity contribution in [2.45, 2.75) is 25.9 Å². The first-order chi connectivity index (χ1) is 13.8. The van der Waals surface area contributed by atoms with Gasteiger partial charge in [-0.25, -0.2) is 4.79 Å². The van der Waals surface area contributed by atoms with Gasteiger partial charge in [-0.3, -0.25) is 19.7 Å². The smallest absolute Gasteiger partial charge is 0.338 e. The second-order valence-electron chi connectivity index (χ2n) is 6.54. The van der Waals surface area contributed by atoms with E-state index in [1.54, 1.807) is 29.2 Å². The van der Waals surface area contributed by atoms with Crippen molar-refractivity contribution in [2.75, 3.05) is 16.8 Å². The van der Waals surface area contributed by atoms with Crippen molar-refractivity contribution in [3.05, 3.63) is 64.2 Å². The summed E-state index contributed by atoms with van der Waals surface area (Å²) in [5, 5.41) is 13.2. The molecule has 1 aliphatic heterocycles. The lowest BCUT2D eigenvalue weighted by Gasteiger charge is -2.16. The molecule has 9 heteroatoms. The minimum absolute atomic E-state index is 0.0527. The summed E-state index contributed by atoms with van der Waals surface area (Å²) >= 11 is 0. The topological polar surface area (TPSA) is 119 Å². The van der Waals surface area contributed by atoms with E-state index in [-0.39, 0.29) is 17.2 Å². The predicted octanol–water partition coefficient (Wildman–Crippen LogP) is 2.91. The van der Waals surface area contributed by atoms with Crippen LogP contribution in [0.1, 0.15) is 30.1 Å². The number of hydrogen-bond donors (Lipinski definition) is 1. The third-order valence-electron chi connectivity index (χ3n) is 4.49. The molecule has 3 rings (SSSR count). The number of non-ortho nitro benzene ring substituents is 1. The average Bonchev–Trinajstić information content (AvgIpc) is 3.14. The number of nitro benzene ring substituents is 1. The quantitative estimate of drug-likeness (QED) is 0.455. The number of nitro groups is 1. The van der Waals surface area contributed by atoms with Gasteiger partial charge < -0.3 is 15.0 Å². The lowest BCUT2D eigenvalue weighted by molar-refractivity contribution is -0.384. The van der Waals surface area contributed by atoms with E-state index in [0.717, 1.165) is 6.42 Å². The monoisotopic (exact) mass is 397 g/mol. The van der Waals surface area contributed by atoms with Gasteiger partial charge in [0.05, 0.1) is 10.5 Å². The van der Waals surface area contributed by atoms with Gasteiger partial charge in [-0.15, -0.1) is 0 Å². The van der Waals surface area contributed by atoms with E-state index in [1.807, 2.05) is 0 Å². The summed E-state index contributed by atoms with van der Waals surface area (Å²) < 4.78 is 5.18. The summed E-state index contributed by atoms with van der Waals surface area (Å²) in [6.45, 7) is 2.08. The van der Waals surface area contributed by atoms with E-state index >= 15 is 0 Å². The van der Waals surface area contributed by atoms with Gasteiger partial charge in [-0.1, -0.05) is 0 Å². The van der Waals surface area contributed by atoms with Gasteiger partial charge in [0.1, 0.15) is 0 Å². The Hall–Kier alpha value is -3.75. The van der Waals surface area contributed by atoms with E-state index in [9.17, 15) is 24.5 Å². The lowest BCUT2D eigenvalue weighted by Crippen LogP contribution is -2.30. The molecule has 2 aromatic rings. The zero-order chi connectivity index (χ0) is 21.0. The third-order valence-corrected chi connectivity index (χ3v) is 4.49. The summed E-state index contributed by atoms with van der Waals surface area (Å²) in [6.07, 6.45) is 0.257. The molecule has 1 fully saturated rings. The zero-order valence-electron chi connectivity index (χ0n) is 15.7. The van der Waals surface area contributed by atoms with Gasteiger partial charge >= 0.3 is 5.97 Å². The Morgan fingerprint density at radius 3 is 2.34 bits per heavy atom. The van der Waals surface area contributed by atoms with Crippen molar-refractivity contribution < 1.29 is 24.0 Å². The minimum Gasteiger partial charge on any atom is -0.449 e. The van der Waals surface area contributed by atoms with E-state index < -0.39 is 22.9 Å². The van der Waals surface area contributed by atoms with Crippen LogP contribution in [0.2, 0.25) is 0 Å². The van der Waals surface area contributed by atoms with Crippen molar-refractivity contribution in [1.82, 2.24) is 0 Å². The lowest BCUT2D eigenvalue weighted by atomic mass is 10.2. The van der Waals surface area contributed by atoms with Crippen molar-refractivity contribution in [2.24, 2.45) is 0 Å². The fourth-order valence-electron chi connectivity index (χ4n) is 2.89. The Bertz CT molecular complexity index is 940. The third kappa shape index (κ3) is 4.75. The van der Waals surface area contributed by atoms with Gasteiger partial charge in [0.2, 0.25) is 5.91 Å². The van der Waals surface area contributed by atoms with Crippen LogP contribution in [-0.2, 0) is 14.3 Å². The number of hydrogen-bond acceptors (Lipinski definition) is 6. The minimum atomic E-state index is -1.07. The molecule has 1 N–H and O–H groups in total. The molecule has 2 amide bonds. The molecule has 1 saturated heterocycles. The number of anilines is 2. The molecule has 0 aliphatic carbocycles. The number of carbonyl (C=O) groups excluding carboxylic acids is 3. The fourth-order valence-corrected chi connectivity index (χ4v) is 2.89. The number of nitrogens with one attached hydrogen (secondary N) is 1. The molecule has 0 bridgehead atoms. The maximum Gasteiger partial charge on any atom is 0.338 e. The highest BCUT2D eigenvalue weighted by atomic mass is 16.6. The Kier molecular flexibility index (Phi) is 5.87. The fraction of sp³-hybridized carbons (Fsp3) is 0.250. The van der Waals surface area contributed by atoms with Gasteiger partial charge in [0.15, 0.2) is 6.10 Å². The van der Waals surface area contributed by atoms with E-state index in [2.05, 4.69) is 5.32 Å². The van der Waals surface area contributed by atoms with Crippen LogP contribution >= 0.6 is 0 Å². The van der Waals surface area contributed by atoms with Crippen LogP contribution < -0.4 is 10.2 Å². The molecule has 0 saturated carbocycles. The molecule has 150 valence electrons. The van der Waals surface area contributed by atoms with Crippen molar-refractivity contribution in [3.63, 3.8) is 0 Å². The molecule has 1 atom stereocenters. The highest BCUT2D eigenvalue weighted by Crippen LogP contribution is 2.22. The predicted molar refractivity (Wildman–Crippen MR) is 105 cm³/mol. The van der Waals surface area contributed by atoms with Crippen LogP contribution in [0.15, 0.2) is 48.5 Å². The second-order valence-corrected chi connectivity index (χ2v) is 6.54. The molecule has 1 unspecified atom stereocenters. The van der Waals surface area contributed by atoms with Crippen LogP contribution in [0.3, 0.4) is 0 Å². The van der Waals surface area contributed by atoms with Crippen LogP contribution in [0.25, 0.3) is 0 Å². The summed E-state index contributed by atoms with van der Waals surface area (Å²) in [5.41, 5.74) is 1.23. The summed E-state index contributed by atoms with van der Waals surface area (Å²) in [4.78, 5) is 48.0. The number of esters is 1. The van der Waals surface area contributed by atoms with E-state index in [4.69, 9.17) is 4.74 Å². The van der Waals surface area contributed by atoms with Gasteiger partial charge in [-0.2, -0.15) is 0 Å². The molecule has 2 aromatic carbocycles. The number of carbonyl (C=O) groups is 3.